The van der Waals surface area contributed by atoms with Crippen molar-refractivity contribution in [2.24, 2.45) is 0 Å². The van der Waals surface area contributed by atoms with E-state index in [2.05, 4.69) is 28.2 Å². The van der Waals surface area contributed by atoms with Gasteiger partial charge in [0, 0.05) is 12.2 Å². The second-order valence-electron chi connectivity index (χ2n) is 7.03. The largest absolute Gasteiger partial charge is 0.483 e. The molecular weight excluding hydrogens is 396 g/mol. The van der Waals surface area contributed by atoms with E-state index in [4.69, 9.17) is 4.74 Å². The van der Waals surface area contributed by atoms with E-state index < -0.39 is 0 Å². The van der Waals surface area contributed by atoms with E-state index in [1.165, 1.54) is 11.8 Å². The number of aryl methyl sites for hydroxylation is 2. The number of carbonyl (C=O) groups is 1. The molecule has 156 valence electrons. The van der Waals surface area contributed by atoms with E-state index in [9.17, 15) is 4.79 Å². The fourth-order valence-electron chi connectivity index (χ4n) is 3.11. The minimum Gasteiger partial charge on any atom is -0.483 e. The summed E-state index contributed by atoms with van der Waals surface area (Å²) in [5.74, 6) is 1.63. The van der Waals surface area contributed by atoms with Gasteiger partial charge in [-0.15, -0.1) is 16.8 Å². The molecule has 1 aromatic heterocycles. The molecule has 1 amide bonds. The predicted octanol–water partition coefficient (Wildman–Crippen LogP) is 4.95. The number of allylic oxidation sites excluding steroid dienone is 1. The highest BCUT2D eigenvalue weighted by molar-refractivity contribution is 7.99. The molecule has 2 aromatic carbocycles. The molecule has 0 aliphatic carbocycles. The lowest BCUT2D eigenvalue weighted by molar-refractivity contribution is -0.113. The lowest BCUT2D eigenvalue weighted by Gasteiger charge is -2.16. The Labute approximate surface area is 181 Å². The first-order chi connectivity index (χ1) is 14.5. The summed E-state index contributed by atoms with van der Waals surface area (Å²) in [5, 5.41) is 12.1. The number of benzene rings is 2. The number of para-hydroxylation sites is 1. The number of anilines is 1. The standard InChI is InChI=1S/C23H26N4O2S/c1-5-11-27-22(18(4)29-20-13-16(2)12-17(3)14-20)25-26-23(27)30-15-21(28)24-19-9-7-6-8-10-19/h5-10,12-14,18H,1,11,15H2,2-4H3,(H,24,28). The summed E-state index contributed by atoms with van der Waals surface area (Å²) >= 11 is 1.34. The van der Waals surface area contributed by atoms with Crippen LogP contribution in [0.1, 0.15) is 30.0 Å². The highest BCUT2D eigenvalue weighted by Gasteiger charge is 2.20. The minimum absolute atomic E-state index is 0.0968. The molecule has 30 heavy (non-hydrogen) atoms. The van der Waals surface area contributed by atoms with Crippen molar-refractivity contribution in [3.8, 4) is 5.75 Å². The summed E-state index contributed by atoms with van der Waals surface area (Å²) in [7, 11) is 0. The molecule has 1 heterocycles. The topological polar surface area (TPSA) is 69.0 Å². The van der Waals surface area contributed by atoms with Gasteiger partial charge in [0.1, 0.15) is 5.75 Å². The van der Waals surface area contributed by atoms with E-state index in [0.717, 1.165) is 22.6 Å². The first kappa shape index (κ1) is 21.6. The molecule has 0 aliphatic rings. The Morgan fingerprint density at radius 3 is 2.57 bits per heavy atom. The fourth-order valence-corrected chi connectivity index (χ4v) is 3.87. The van der Waals surface area contributed by atoms with Crippen LogP contribution in [0.15, 0.2) is 66.3 Å². The van der Waals surface area contributed by atoms with E-state index in [-0.39, 0.29) is 17.8 Å². The van der Waals surface area contributed by atoms with Crippen molar-refractivity contribution in [3.63, 3.8) is 0 Å². The van der Waals surface area contributed by atoms with Gasteiger partial charge in [-0.25, -0.2) is 0 Å². The van der Waals surface area contributed by atoms with Gasteiger partial charge in [0.05, 0.1) is 5.75 Å². The number of hydrogen-bond acceptors (Lipinski definition) is 5. The third kappa shape index (κ3) is 5.73. The van der Waals surface area contributed by atoms with Gasteiger partial charge in [0.15, 0.2) is 17.1 Å². The van der Waals surface area contributed by atoms with Crippen LogP contribution in [-0.4, -0.2) is 26.4 Å². The molecule has 0 spiro atoms. The Kier molecular flexibility index (Phi) is 7.30. The van der Waals surface area contributed by atoms with E-state index in [1.54, 1.807) is 6.08 Å². The molecule has 0 aliphatic heterocycles. The number of nitrogens with one attached hydrogen (secondary N) is 1. The number of ether oxygens (including phenoxy) is 1. The quantitative estimate of drug-likeness (QED) is 0.390. The maximum absolute atomic E-state index is 12.3. The van der Waals surface area contributed by atoms with Gasteiger partial charge in [0.2, 0.25) is 5.91 Å². The van der Waals surface area contributed by atoms with Gasteiger partial charge in [-0.05, 0) is 56.2 Å². The normalized spacial score (nSPS) is 11.7. The zero-order valence-electron chi connectivity index (χ0n) is 17.5. The third-order valence-corrected chi connectivity index (χ3v) is 5.29. The van der Waals surface area contributed by atoms with Crippen LogP contribution in [0.2, 0.25) is 0 Å². The number of nitrogens with zero attached hydrogens (tertiary/aromatic N) is 3. The highest BCUT2D eigenvalue weighted by atomic mass is 32.2. The zero-order chi connectivity index (χ0) is 21.5. The summed E-state index contributed by atoms with van der Waals surface area (Å²) in [5.41, 5.74) is 3.06. The molecule has 0 fully saturated rings. The molecule has 0 radical (unpaired) electrons. The number of hydrogen-bond donors (Lipinski definition) is 1. The maximum atomic E-state index is 12.3. The molecule has 0 saturated heterocycles. The van der Waals surface area contributed by atoms with Crippen LogP contribution in [0.5, 0.6) is 5.75 Å². The average molecular weight is 423 g/mol. The smallest absolute Gasteiger partial charge is 0.234 e. The maximum Gasteiger partial charge on any atom is 0.234 e. The van der Waals surface area contributed by atoms with Gasteiger partial charge in [-0.3, -0.25) is 9.36 Å². The van der Waals surface area contributed by atoms with Crippen molar-refractivity contribution < 1.29 is 9.53 Å². The predicted molar refractivity (Wildman–Crippen MR) is 121 cm³/mol. The van der Waals surface area contributed by atoms with Crippen LogP contribution >= 0.6 is 11.8 Å². The van der Waals surface area contributed by atoms with Gasteiger partial charge in [-0.2, -0.15) is 0 Å². The van der Waals surface area contributed by atoms with Gasteiger partial charge in [-0.1, -0.05) is 42.1 Å². The lowest BCUT2D eigenvalue weighted by atomic mass is 10.1. The Balaban J connectivity index is 1.69. The summed E-state index contributed by atoms with van der Waals surface area (Å²) in [6.45, 7) is 10.4. The molecular formula is C23H26N4O2S. The summed E-state index contributed by atoms with van der Waals surface area (Å²) < 4.78 is 8.05. The van der Waals surface area contributed by atoms with Crippen molar-refractivity contribution in [1.29, 1.82) is 0 Å². The van der Waals surface area contributed by atoms with Crippen molar-refractivity contribution in [3.05, 3.63) is 78.1 Å². The molecule has 0 saturated carbocycles. The van der Waals surface area contributed by atoms with Crippen LogP contribution in [0.4, 0.5) is 5.69 Å². The number of rotatable bonds is 9. The molecule has 3 aromatic rings. The Morgan fingerprint density at radius 2 is 1.90 bits per heavy atom. The van der Waals surface area contributed by atoms with Gasteiger partial charge < -0.3 is 10.1 Å². The Hall–Kier alpha value is -3.06. The third-order valence-electron chi connectivity index (χ3n) is 4.32. The van der Waals surface area contributed by atoms with Crippen LogP contribution in [-0.2, 0) is 11.3 Å². The molecule has 0 bridgehead atoms. The summed E-state index contributed by atoms with van der Waals surface area (Å²) in [6, 6.07) is 15.5. The number of carbonyl (C=O) groups excluding carboxylic acids is 1. The Morgan fingerprint density at radius 1 is 1.20 bits per heavy atom. The van der Waals surface area contributed by atoms with E-state index in [0.29, 0.717) is 17.5 Å². The molecule has 3 rings (SSSR count). The fraction of sp³-hybridized carbons (Fsp3) is 0.261. The molecule has 1 unspecified atom stereocenters. The second kappa shape index (κ2) is 10.1. The lowest BCUT2D eigenvalue weighted by Crippen LogP contribution is -2.15. The van der Waals surface area contributed by atoms with Crippen LogP contribution in [0, 0.1) is 13.8 Å². The SMILES string of the molecule is C=CCn1c(SCC(=O)Nc2ccccc2)nnc1C(C)Oc1cc(C)cc(C)c1. The van der Waals surface area contributed by atoms with Crippen LogP contribution in [0.25, 0.3) is 0 Å². The highest BCUT2D eigenvalue weighted by Crippen LogP contribution is 2.26. The van der Waals surface area contributed by atoms with Crippen molar-refractivity contribution in [1.82, 2.24) is 14.8 Å². The molecule has 7 heteroatoms. The van der Waals surface area contributed by atoms with Crippen LogP contribution in [0.3, 0.4) is 0 Å². The van der Waals surface area contributed by atoms with Crippen molar-refractivity contribution in [2.45, 2.75) is 38.6 Å². The summed E-state index contributed by atoms with van der Waals surface area (Å²) in [4.78, 5) is 12.3. The van der Waals surface area contributed by atoms with Crippen molar-refractivity contribution in [2.75, 3.05) is 11.1 Å². The zero-order valence-corrected chi connectivity index (χ0v) is 18.3. The summed E-state index contributed by atoms with van der Waals surface area (Å²) in [6.07, 6.45) is 1.48. The van der Waals surface area contributed by atoms with Gasteiger partial charge >= 0.3 is 0 Å². The van der Waals surface area contributed by atoms with Crippen molar-refractivity contribution >= 4 is 23.4 Å². The average Bonchev–Trinajstić information content (AvgIpc) is 3.09. The molecule has 1 N–H and O–H groups in total. The number of thioether (sulfide) groups is 1. The first-order valence-electron chi connectivity index (χ1n) is 9.73. The molecule has 1 atom stereocenters. The minimum atomic E-state index is -0.300. The molecule has 6 nitrogen and oxygen atoms in total. The Bertz CT molecular complexity index is 997. The number of amides is 1. The van der Waals surface area contributed by atoms with E-state index >= 15 is 0 Å². The first-order valence-corrected chi connectivity index (χ1v) is 10.7. The number of aromatic nitrogens is 3. The van der Waals surface area contributed by atoms with Crippen LogP contribution < -0.4 is 10.1 Å². The van der Waals surface area contributed by atoms with Gasteiger partial charge in [0.25, 0.3) is 0 Å². The van der Waals surface area contributed by atoms with E-state index in [1.807, 2.05) is 67.8 Å². The second-order valence-corrected chi connectivity index (χ2v) is 7.97. The monoisotopic (exact) mass is 422 g/mol.